The number of hydrogen-bond acceptors (Lipinski definition) is 6. The van der Waals surface area contributed by atoms with E-state index in [9.17, 15) is 15.8 Å². The van der Waals surface area contributed by atoms with Crippen molar-refractivity contribution in [2.24, 2.45) is 16.7 Å². The minimum absolute atomic E-state index is 0.308. The second kappa shape index (κ2) is 5.27. The van der Waals surface area contributed by atoms with E-state index in [2.05, 4.69) is 6.07 Å². The van der Waals surface area contributed by atoms with Crippen LogP contribution in [0.15, 0.2) is 0 Å². The second-order valence-electron chi connectivity index (χ2n) is 6.14. The molecule has 2 aliphatic rings. The highest BCUT2D eigenvalue weighted by Gasteiger charge is 2.78. The van der Waals surface area contributed by atoms with Crippen LogP contribution < -0.4 is 0 Å². The molecule has 6 nitrogen and oxygen atoms in total. The molecule has 0 spiro atoms. The molecular formula is C16H20N4O2. The molecule has 116 valence electrons. The van der Waals surface area contributed by atoms with Gasteiger partial charge in [-0.25, -0.2) is 0 Å². The molecule has 2 rings (SSSR count). The molecule has 0 aromatic heterocycles. The highest BCUT2D eigenvalue weighted by Crippen LogP contribution is 2.64. The molecule has 0 saturated carbocycles. The second-order valence-corrected chi connectivity index (χ2v) is 6.14. The Morgan fingerprint density at radius 2 is 1.68 bits per heavy atom. The van der Waals surface area contributed by atoms with Crippen molar-refractivity contribution in [2.75, 3.05) is 0 Å². The van der Waals surface area contributed by atoms with Crippen molar-refractivity contribution < 1.29 is 9.47 Å². The van der Waals surface area contributed by atoms with Gasteiger partial charge in [0.05, 0.1) is 30.2 Å². The average Bonchev–Trinajstić information content (AvgIpc) is 2.66. The first-order chi connectivity index (χ1) is 10.4. The third kappa shape index (κ3) is 1.64. The first-order valence-corrected chi connectivity index (χ1v) is 7.62. The summed E-state index contributed by atoms with van der Waals surface area (Å²) in [5.74, 6) is -1.94. The van der Waals surface area contributed by atoms with Gasteiger partial charge in [0, 0.05) is 6.92 Å². The third-order valence-electron chi connectivity index (χ3n) is 4.96. The third-order valence-corrected chi connectivity index (χ3v) is 4.96. The number of ether oxygens (including phenoxy) is 2. The topological polar surface area (TPSA) is 114 Å². The zero-order valence-corrected chi connectivity index (χ0v) is 13.1. The van der Waals surface area contributed by atoms with Gasteiger partial charge in [0.2, 0.25) is 11.7 Å². The minimum atomic E-state index is -1.72. The molecule has 0 unspecified atom stereocenters. The Morgan fingerprint density at radius 3 is 2.14 bits per heavy atom. The number of nitrogens with one attached hydrogen (secondary N) is 1. The van der Waals surface area contributed by atoms with Crippen LogP contribution in [0.2, 0.25) is 0 Å². The van der Waals surface area contributed by atoms with Crippen LogP contribution in [0, 0.1) is 56.2 Å². The largest absolute Gasteiger partial charge is 0.448 e. The molecule has 2 heterocycles. The normalized spacial score (nSPS) is 38.5. The lowest BCUT2D eigenvalue weighted by atomic mass is 9.53. The highest BCUT2D eigenvalue weighted by atomic mass is 16.7. The highest BCUT2D eigenvalue weighted by molar-refractivity contribution is 5.89. The van der Waals surface area contributed by atoms with Crippen LogP contribution in [0.25, 0.3) is 0 Å². The average molecular weight is 300 g/mol. The van der Waals surface area contributed by atoms with Crippen LogP contribution in [0.1, 0.15) is 46.5 Å². The number of nitrogens with zero attached hydrogens (tertiary/aromatic N) is 3. The van der Waals surface area contributed by atoms with Gasteiger partial charge in [0.1, 0.15) is 0 Å². The van der Waals surface area contributed by atoms with E-state index in [1.165, 1.54) is 0 Å². The molecule has 2 aliphatic heterocycles. The van der Waals surface area contributed by atoms with E-state index in [1.807, 2.05) is 26.0 Å². The Hall–Kier alpha value is -2.10. The smallest absolute Gasteiger partial charge is 0.214 e. The van der Waals surface area contributed by atoms with Crippen molar-refractivity contribution in [1.82, 2.24) is 0 Å². The Morgan fingerprint density at radius 1 is 1.09 bits per heavy atom. The fourth-order valence-electron chi connectivity index (χ4n) is 3.96. The number of nitriles is 3. The Kier molecular flexibility index (Phi) is 3.90. The molecule has 0 aromatic carbocycles. The maximum absolute atomic E-state index is 9.91. The molecule has 0 amide bonds. The van der Waals surface area contributed by atoms with Gasteiger partial charge >= 0.3 is 0 Å². The van der Waals surface area contributed by atoms with E-state index in [0.717, 1.165) is 6.42 Å². The van der Waals surface area contributed by atoms with Gasteiger partial charge < -0.3 is 9.47 Å². The predicted octanol–water partition coefficient (Wildman–Crippen LogP) is 2.87. The van der Waals surface area contributed by atoms with Gasteiger partial charge in [-0.2, -0.15) is 15.8 Å². The van der Waals surface area contributed by atoms with Crippen LogP contribution in [-0.2, 0) is 9.47 Å². The molecule has 0 aliphatic carbocycles. The summed E-state index contributed by atoms with van der Waals surface area (Å²) in [6.45, 7) is 5.59. The summed E-state index contributed by atoms with van der Waals surface area (Å²) < 4.78 is 11.6. The molecule has 6 heteroatoms. The molecule has 2 saturated heterocycles. The minimum Gasteiger partial charge on any atom is -0.448 e. The van der Waals surface area contributed by atoms with Gasteiger partial charge in [0.25, 0.3) is 0 Å². The molecule has 2 bridgehead atoms. The fourth-order valence-corrected chi connectivity index (χ4v) is 3.96. The Bertz CT molecular complexity index is 597. The standard InChI is InChI=1S/C16H20N4O2/c1-4-6-11-14(3)21-12(7-5-2)15(8-17,9-18)16(11,10-19)13(20)22-14/h11-12,20H,4-7H2,1-3H3/t11-,12-,14-,16+/m0/s1. The predicted molar refractivity (Wildman–Crippen MR) is 77.1 cm³/mol. The zero-order chi connectivity index (χ0) is 16.6. The summed E-state index contributed by atoms with van der Waals surface area (Å²) in [6.07, 6.45) is 1.73. The number of rotatable bonds is 4. The molecule has 0 radical (unpaired) electrons. The summed E-state index contributed by atoms with van der Waals surface area (Å²) in [4.78, 5) is 0. The van der Waals surface area contributed by atoms with Crippen LogP contribution in [-0.4, -0.2) is 17.8 Å². The quantitative estimate of drug-likeness (QED) is 0.857. The van der Waals surface area contributed by atoms with Crippen LogP contribution >= 0.6 is 0 Å². The van der Waals surface area contributed by atoms with E-state index in [1.54, 1.807) is 6.92 Å². The lowest BCUT2D eigenvalue weighted by Gasteiger charge is -2.48. The molecule has 22 heavy (non-hydrogen) atoms. The Labute approximate surface area is 130 Å². The van der Waals surface area contributed by atoms with Crippen LogP contribution in [0.4, 0.5) is 0 Å². The maximum atomic E-state index is 9.91. The summed E-state index contributed by atoms with van der Waals surface area (Å²) in [6, 6.07) is 6.18. The lowest BCUT2D eigenvalue weighted by Crippen LogP contribution is -2.61. The van der Waals surface area contributed by atoms with Crippen LogP contribution in [0.3, 0.4) is 0 Å². The maximum Gasteiger partial charge on any atom is 0.214 e. The van der Waals surface area contributed by atoms with E-state index >= 15 is 0 Å². The number of hydrogen-bond donors (Lipinski definition) is 1. The van der Waals surface area contributed by atoms with Crippen molar-refractivity contribution in [3.63, 3.8) is 0 Å². The van der Waals surface area contributed by atoms with E-state index in [0.29, 0.717) is 19.3 Å². The number of fused-ring (bicyclic) bond motifs is 2. The van der Waals surface area contributed by atoms with Crippen LogP contribution in [0.5, 0.6) is 0 Å². The summed E-state index contributed by atoms with van der Waals surface area (Å²) >= 11 is 0. The molecular weight excluding hydrogens is 280 g/mol. The van der Waals surface area contributed by atoms with Crippen molar-refractivity contribution >= 4 is 5.90 Å². The lowest BCUT2D eigenvalue weighted by molar-refractivity contribution is -0.271. The van der Waals surface area contributed by atoms with E-state index < -0.39 is 28.6 Å². The van der Waals surface area contributed by atoms with Crippen molar-refractivity contribution in [3.8, 4) is 18.2 Å². The monoisotopic (exact) mass is 300 g/mol. The summed E-state index contributed by atoms with van der Waals surface area (Å²) in [7, 11) is 0. The Balaban J connectivity index is 2.74. The van der Waals surface area contributed by atoms with Gasteiger partial charge in [0.15, 0.2) is 10.8 Å². The first kappa shape index (κ1) is 16.3. The molecule has 0 aromatic rings. The van der Waals surface area contributed by atoms with Gasteiger partial charge in [-0.1, -0.05) is 26.7 Å². The van der Waals surface area contributed by atoms with Gasteiger partial charge in [-0.15, -0.1) is 0 Å². The van der Waals surface area contributed by atoms with E-state index in [4.69, 9.17) is 14.9 Å². The summed E-state index contributed by atoms with van der Waals surface area (Å²) in [5.41, 5.74) is -3.29. The van der Waals surface area contributed by atoms with Gasteiger partial charge in [-0.3, -0.25) is 5.41 Å². The summed E-state index contributed by atoms with van der Waals surface area (Å²) in [5, 5.41) is 37.7. The van der Waals surface area contributed by atoms with Crippen molar-refractivity contribution in [1.29, 1.82) is 21.2 Å². The van der Waals surface area contributed by atoms with Crippen molar-refractivity contribution in [3.05, 3.63) is 0 Å². The fraction of sp³-hybridized carbons (Fsp3) is 0.750. The zero-order valence-electron chi connectivity index (χ0n) is 13.1. The molecule has 2 fully saturated rings. The molecule has 1 N–H and O–H groups in total. The SMILES string of the molecule is CCC[C@@H]1O[C@@]2(C)OC(=N)[C@@](C#N)([C@H]2CCC)C1(C#N)C#N. The van der Waals surface area contributed by atoms with E-state index in [-0.39, 0.29) is 5.90 Å². The first-order valence-electron chi connectivity index (χ1n) is 7.62. The van der Waals surface area contributed by atoms with Gasteiger partial charge in [-0.05, 0) is 12.8 Å². The van der Waals surface area contributed by atoms with Crippen molar-refractivity contribution in [2.45, 2.75) is 58.3 Å². The molecule has 4 atom stereocenters.